The van der Waals surface area contributed by atoms with E-state index in [2.05, 4.69) is 15.7 Å². The maximum Gasteiger partial charge on any atom is 0.249 e. The first kappa shape index (κ1) is 19.5. The Morgan fingerprint density at radius 3 is 2.83 bits per heavy atom. The Morgan fingerprint density at radius 2 is 2.07 bits per heavy atom. The van der Waals surface area contributed by atoms with Gasteiger partial charge in [0.2, 0.25) is 11.8 Å². The topological polar surface area (TPSA) is 76.0 Å². The van der Waals surface area contributed by atoms with Crippen LogP contribution in [0.25, 0.3) is 11.3 Å². The van der Waals surface area contributed by atoms with E-state index in [-0.39, 0.29) is 18.2 Å². The molecule has 8 heteroatoms. The summed E-state index contributed by atoms with van der Waals surface area (Å²) in [5.74, 6) is 0.0462. The Labute approximate surface area is 177 Å². The molecule has 0 radical (unpaired) electrons. The summed E-state index contributed by atoms with van der Waals surface area (Å²) >= 11 is 7.72. The van der Waals surface area contributed by atoms with Crippen LogP contribution >= 0.6 is 23.4 Å². The summed E-state index contributed by atoms with van der Waals surface area (Å²) < 4.78 is 1.60. The number of nitrogens with one attached hydrogen (secondary N) is 2. The molecule has 2 N–H and O–H groups in total. The summed E-state index contributed by atoms with van der Waals surface area (Å²) in [6.07, 6.45) is 2.00. The van der Waals surface area contributed by atoms with Crippen LogP contribution in [0.4, 0.5) is 11.5 Å². The second-order valence-electron chi connectivity index (χ2n) is 6.77. The van der Waals surface area contributed by atoms with Gasteiger partial charge in [-0.15, -0.1) is 11.8 Å². The third-order valence-corrected chi connectivity index (χ3v) is 5.78. The highest BCUT2D eigenvalue weighted by atomic mass is 35.5. The molecule has 3 aromatic rings. The zero-order valence-corrected chi connectivity index (χ0v) is 17.5. The van der Waals surface area contributed by atoms with Crippen molar-refractivity contribution in [1.82, 2.24) is 9.78 Å². The van der Waals surface area contributed by atoms with Crippen LogP contribution in [0, 0.1) is 6.92 Å². The van der Waals surface area contributed by atoms with Gasteiger partial charge in [0.25, 0.3) is 0 Å². The van der Waals surface area contributed by atoms with Crippen LogP contribution in [0.2, 0.25) is 5.02 Å². The van der Waals surface area contributed by atoms with Crippen molar-refractivity contribution in [3.8, 4) is 11.3 Å². The van der Waals surface area contributed by atoms with Gasteiger partial charge in [-0.25, -0.2) is 4.68 Å². The van der Waals surface area contributed by atoms with Gasteiger partial charge < -0.3 is 10.6 Å². The van der Waals surface area contributed by atoms with E-state index >= 15 is 0 Å². The third kappa shape index (κ3) is 3.88. The van der Waals surface area contributed by atoms with Gasteiger partial charge in [-0.1, -0.05) is 29.8 Å². The number of hydrogen-bond donors (Lipinski definition) is 2. The molecule has 2 heterocycles. The third-order valence-electron chi connectivity index (χ3n) is 4.82. The van der Waals surface area contributed by atoms with Crippen LogP contribution in [0.5, 0.6) is 0 Å². The lowest BCUT2D eigenvalue weighted by Crippen LogP contribution is -2.35. The molecule has 0 aliphatic carbocycles. The average molecular weight is 427 g/mol. The lowest BCUT2D eigenvalue weighted by atomic mass is 10.1. The van der Waals surface area contributed by atoms with Gasteiger partial charge in [-0.05, 0) is 43.5 Å². The number of carbonyl (C=O) groups excluding carboxylic acids is 2. The monoisotopic (exact) mass is 426 g/mol. The van der Waals surface area contributed by atoms with Crippen molar-refractivity contribution in [2.45, 2.75) is 24.3 Å². The number of amides is 2. The van der Waals surface area contributed by atoms with Crippen LogP contribution in [0.1, 0.15) is 18.0 Å². The standard InChI is InChI=1S/C21H19ClN4O2S/c1-12-19(13-5-3-6-14(22)9-13)25-26-17(11-18(27)24-20(12)26)21(28)23-15-7-4-8-16(10-15)29-2/h3-10,17H,11H2,1-2H3,(H,23,28)(H,24,27)/t17-/m0/s1. The highest BCUT2D eigenvalue weighted by Crippen LogP contribution is 2.35. The van der Waals surface area contributed by atoms with Crippen LogP contribution in [0.3, 0.4) is 0 Å². The molecule has 1 aromatic heterocycles. The summed E-state index contributed by atoms with van der Waals surface area (Å²) in [6.45, 7) is 1.87. The van der Waals surface area contributed by atoms with Crippen LogP contribution in [-0.4, -0.2) is 27.9 Å². The molecule has 2 aromatic carbocycles. The molecular weight excluding hydrogens is 408 g/mol. The number of hydrogen-bond acceptors (Lipinski definition) is 4. The number of benzene rings is 2. The number of nitrogens with zero attached hydrogens (tertiary/aromatic N) is 2. The fourth-order valence-electron chi connectivity index (χ4n) is 3.38. The molecule has 2 amide bonds. The summed E-state index contributed by atoms with van der Waals surface area (Å²) in [4.78, 5) is 26.3. The van der Waals surface area contributed by atoms with E-state index in [0.717, 1.165) is 16.0 Å². The Kier molecular flexibility index (Phi) is 5.34. The zero-order valence-electron chi connectivity index (χ0n) is 15.9. The molecule has 0 unspecified atom stereocenters. The van der Waals surface area contributed by atoms with Crippen molar-refractivity contribution in [2.24, 2.45) is 0 Å². The number of halogens is 1. The number of thioether (sulfide) groups is 1. The zero-order chi connectivity index (χ0) is 20.5. The van der Waals surface area contributed by atoms with Gasteiger partial charge in [-0.3, -0.25) is 9.59 Å². The van der Waals surface area contributed by atoms with Crippen molar-refractivity contribution in [1.29, 1.82) is 0 Å². The maximum atomic E-state index is 13.0. The van der Waals surface area contributed by atoms with Crippen molar-refractivity contribution in [3.05, 3.63) is 59.1 Å². The summed E-state index contributed by atoms with van der Waals surface area (Å²) in [6, 6.07) is 14.2. The summed E-state index contributed by atoms with van der Waals surface area (Å²) in [5, 5.41) is 11.0. The molecule has 0 saturated carbocycles. The predicted octanol–water partition coefficient (Wildman–Crippen LogP) is 4.76. The summed E-state index contributed by atoms with van der Waals surface area (Å²) in [5.41, 5.74) is 3.00. The van der Waals surface area contributed by atoms with E-state index in [9.17, 15) is 9.59 Å². The molecule has 0 fully saturated rings. The van der Waals surface area contributed by atoms with E-state index in [4.69, 9.17) is 11.6 Å². The quantitative estimate of drug-likeness (QED) is 0.590. The predicted molar refractivity (Wildman–Crippen MR) is 117 cm³/mol. The minimum atomic E-state index is -0.733. The lowest BCUT2D eigenvalue weighted by molar-refractivity contribution is -0.125. The maximum absolute atomic E-state index is 13.0. The minimum Gasteiger partial charge on any atom is -0.324 e. The number of anilines is 2. The number of fused-ring (bicyclic) bond motifs is 1. The van der Waals surface area contributed by atoms with Crippen molar-refractivity contribution >= 4 is 46.7 Å². The van der Waals surface area contributed by atoms with Crippen LogP contribution in [-0.2, 0) is 9.59 Å². The van der Waals surface area contributed by atoms with E-state index in [0.29, 0.717) is 22.2 Å². The molecule has 1 atom stereocenters. The van der Waals surface area contributed by atoms with Gasteiger partial charge in [0.1, 0.15) is 11.9 Å². The Hall–Kier alpha value is -2.77. The Balaban J connectivity index is 1.69. The first-order valence-corrected chi connectivity index (χ1v) is 10.7. The second kappa shape index (κ2) is 7.93. The molecule has 0 bridgehead atoms. The molecular formula is C21H19ClN4O2S. The summed E-state index contributed by atoms with van der Waals surface area (Å²) in [7, 11) is 0. The van der Waals surface area contributed by atoms with Crippen LogP contribution < -0.4 is 10.6 Å². The highest BCUT2D eigenvalue weighted by Gasteiger charge is 2.34. The fraction of sp³-hybridized carbons (Fsp3) is 0.190. The van der Waals surface area contributed by atoms with Gasteiger partial charge in [-0.2, -0.15) is 5.10 Å². The number of carbonyl (C=O) groups is 2. The van der Waals surface area contributed by atoms with Crippen molar-refractivity contribution in [3.63, 3.8) is 0 Å². The van der Waals surface area contributed by atoms with E-state index in [1.54, 1.807) is 22.5 Å². The fourth-order valence-corrected chi connectivity index (χ4v) is 4.03. The molecule has 1 aliphatic heterocycles. The van der Waals surface area contributed by atoms with Crippen molar-refractivity contribution < 1.29 is 9.59 Å². The van der Waals surface area contributed by atoms with E-state index < -0.39 is 6.04 Å². The number of aromatic nitrogens is 2. The Morgan fingerprint density at radius 1 is 1.28 bits per heavy atom. The SMILES string of the molecule is CSc1cccc(NC(=O)[C@@H]2CC(=O)Nc3c(C)c(-c4cccc(Cl)c4)nn32)c1. The molecule has 4 rings (SSSR count). The molecule has 1 aliphatic rings. The largest absolute Gasteiger partial charge is 0.324 e. The highest BCUT2D eigenvalue weighted by molar-refractivity contribution is 7.98. The van der Waals surface area contributed by atoms with Crippen LogP contribution in [0.15, 0.2) is 53.4 Å². The van der Waals surface area contributed by atoms with Crippen molar-refractivity contribution in [2.75, 3.05) is 16.9 Å². The molecule has 0 saturated heterocycles. The normalized spacial score (nSPS) is 15.6. The van der Waals surface area contributed by atoms with Gasteiger partial charge in [0, 0.05) is 26.7 Å². The second-order valence-corrected chi connectivity index (χ2v) is 8.08. The van der Waals surface area contributed by atoms with Gasteiger partial charge in [0.15, 0.2) is 0 Å². The average Bonchev–Trinajstić information content (AvgIpc) is 3.04. The smallest absolute Gasteiger partial charge is 0.249 e. The minimum absolute atomic E-state index is 0.0250. The Bertz CT molecular complexity index is 1110. The van der Waals surface area contributed by atoms with Gasteiger partial charge in [0.05, 0.1) is 12.1 Å². The van der Waals surface area contributed by atoms with E-state index in [1.165, 1.54) is 0 Å². The molecule has 29 heavy (non-hydrogen) atoms. The molecule has 0 spiro atoms. The molecule has 6 nitrogen and oxygen atoms in total. The number of rotatable bonds is 4. The first-order valence-electron chi connectivity index (χ1n) is 9.06. The lowest BCUT2D eigenvalue weighted by Gasteiger charge is -2.24. The van der Waals surface area contributed by atoms with E-state index in [1.807, 2.05) is 55.6 Å². The molecule has 148 valence electrons. The van der Waals surface area contributed by atoms with Gasteiger partial charge >= 0.3 is 0 Å². The first-order chi connectivity index (χ1) is 14.0.